The van der Waals surface area contributed by atoms with Crippen molar-refractivity contribution in [1.82, 2.24) is 0 Å². The maximum absolute atomic E-state index is 12.9. The number of rotatable bonds is 68. The van der Waals surface area contributed by atoms with Gasteiger partial charge in [-0.25, -0.2) is 4.79 Å². The molecule has 0 bridgehead atoms. The van der Waals surface area contributed by atoms with Crippen LogP contribution in [0.5, 0.6) is 0 Å². The van der Waals surface area contributed by atoms with Crippen molar-refractivity contribution in [2.45, 2.75) is 360 Å². The van der Waals surface area contributed by atoms with Crippen molar-refractivity contribution >= 4 is 17.9 Å². The Hall–Kier alpha value is -3.01. The molecule has 0 aromatic heterocycles. The van der Waals surface area contributed by atoms with E-state index in [0.29, 0.717) is 23.9 Å². The van der Waals surface area contributed by atoms with Crippen molar-refractivity contribution in [3.63, 3.8) is 0 Å². The van der Waals surface area contributed by atoms with E-state index in [1.54, 1.807) is 0 Å². The molecule has 0 aliphatic carbocycles. The molecule has 0 fully saturated rings. The lowest BCUT2D eigenvalue weighted by Gasteiger charge is -2.25. The van der Waals surface area contributed by atoms with Gasteiger partial charge in [-0.05, 0) is 83.5 Å². The monoisotopic (exact) mass is 1200 g/mol. The minimum Gasteiger partial charge on any atom is -0.477 e. The third-order valence-electron chi connectivity index (χ3n) is 16.2. The summed E-state index contributed by atoms with van der Waals surface area (Å²) in [5, 5.41) is 9.74. The van der Waals surface area contributed by atoms with Crippen LogP contribution in [0.15, 0.2) is 60.8 Å². The van der Waals surface area contributed by atoms with E-state index in [1.807, 2.05) is 21.1 Å². The van der Waals surface area contributed by atoms with Crippen molar-refractivity contribution in [3.8, 4) is 0 Å². The first kappa shape index (κ1) is 82.0. The third-order valence-corrected chi connectivity index (χ3v) is 16.2. The van der Waals surface area contributed by atoms with Crippen molar-refractivity contribution in [2.24, 2.45) is 0 Å². The highest BCUT2D eigenvalue weighted by Gasteiger charge is 2.25. The van der Waals surface area contributed by atoms with Crippen molar-refractivity contribution < 1.29 is 42.9 Å². The first-order valence-corrected chi connectivity index (χ1v) is 36.5. The van der Waals surface area contributed by atoms with Crippen LogP contribution in [0.4, 0.5) is 0 Å². The summed E-state index contributed by atoms with van der Waals surface area (Å²) >= 11 is 0. The number of esters is 2. The van der Waals surface area contributed by atoms with Crippen LogP contribution in [-0.4, -0.2) is 87.4 Å². The summed E-state index contributed by atoms with van der Waals surface area (Å²) in [6.45, 7) is 4.88. The van der Waals surface area contributed by atoms with Gasteiger partial charge in [-0.1, -0.05) is 312 Å². The number of ether oxygens (including phenoxy) is 4. The van der Waals surface area contributed by atoms with Crippen LogP contribution in [0.2, 0.25) is 0 Å². The molecule has 0 heterocycles. The molecule has 9 heteroatoms. The van der Waals surface area contributed by atoms with Gasteiger partial charge in [0, 0.05) is 12.8 Å². The van der Waals surface area contributed by atoms with E-state index in [2.05, 4.69) is 74.6 Å². The lowest BCUT2D eigenvalue weighted by molar-refractivity contribution is -0.870. The van der Waals surface area contributed by atoms with Gasteiger partial charge in [0.1, 0.15) is 13.2 Å². The second-order valence-electron chi connectivity index (χ2n) is 25.9. The summed E-state index contributed by atoms with van der Waals surface area (Å²) in [4.78, 5) is 37.6. The average molecular weight is 1200 g/mol. The Morgan fingerprint density at radius 1 is 0.353 bits per heavy atom. The van der Waals surface area contributed by atoms with Gasteiger partial charge in [0.25, 0.3) is 6.29 Å². The zero-order valence-corrected chi connectivity index (χ0v) is 56.8. The molecule has 0 aliphatic rings. The molecule has 1 N–H and O–H groups in total. The highest BCUT2D eigenvalue weighted by Crippen LogP contribution is 2.18. The zero-order valence-electron chi connectivity index (χ0n) is 56.8. The molecule has 0 saturated carbocycles. The molecule has 0 radical (unpaired) electrons. The second kappa shape index (κ2) is 66.9. The van der Waals surface area contributed by atoms with E-state index >= 15 is 0 Å². The lowest BCUT2D eigenvalue weighted by Crippen LogP contribution is -2.40. The number of unbranched alkanes of at least 4 members (excludes halogenated alkanes) is 43. The number of carbonyl (C=O) groups is 3. The summed E-state index contributed by atoms with van der Waals surface area (Å²) in [7, 11) is 5.98. The number of carbonyl (C=O) groups excluding carboxylic acids is 2. The minimum atomic E-state index is -1.52. The minimum absolute atomic E-state index is 0.185. The molecule has 0 aromatic carbocycles. The fraction of sp³-hybridized carbons (Fsp3) is 0.829. The number of hydrogen-bond donors (Lipinski definition) is 1. The number of hydrogen-bond acceptors (Lipinski definition) is 7. The molecule has 0 aliphatic heterocycles. The molecular weight excluding hydrogens is 1050 g/mol. The normalized spacial score (nSPS) is 13.0. The first-order chi connectivity index (χ1) is 41.6. The van der Waals surface area contributed by atoms with Gasteiger partial charge >= 0.3 is 17.9 Å². The molecule has 9 nitrogen and oxygen atoms in total. The molecule has 0 aromatic rings. The predicted molar refractivity (Wildman–Crippen MR) is 364 cm³/mol. The number of nitrogens with zero attached hydrogens (tertiary/aromatic N) is 1. The topological polar surface area (TPSA) is 108 Å². The number of aliphatic carboxylic acids is 1. The summed E-state index contributed by atoms with van der Waals surface area (Å²) in [6.07, 6.45) is 85.0. The Bertz CT molecular complexity index is 1580. The molecule has 2 atom stereocenters. The van der Waals surface area contributed by atoms with Gasteiger partial charge in [0.15, 0.2) is 6.10 Å². The zero-order chi connectivity index (χ0) is 61.9. The van der Waals surface area contributed by atoms with E-state index in [9.17, 15) is 19.5 Å². The van der Waals surface area contributed by atoms with Gasteiger partial charge < -0.3 is 28.5 Å². The molecular formula is C76H140NO8+. The Kier molecular flexibility index (Phi) is 64.6. The first-order valence-electron chi connectivity index (χ1n) is 36.5. The fourth-order valence-electron chi connectivity index (χ4n) is 10.6. The Balaban J connectivity index is 3.98. The van der Waals surface area contributed by atoms with Crippen LogP contribution in [0.25, 0.3) is 0 Å². The van der Waals surface area contributed by atoms with Crippen molar-refractivity contribution in [3.05, 3.63) is 60.8 Å². The van der Waals surface area contributed by atoms with Gasteiger partial charge in [0.05, 0.1) is 34.4 Å². The summed E-state index contributed by atoms with van der Waals surface area (Å²) in [5.74, 6) is -2.00. The maximum Gasteiger partial charge on any atom is 0.361 e. The highest BCUT2D eigenvalue weighted by atomic mass is 16.7. The third kappa shape index (κ3) is 68.3. The highest BCUT2D eigenvalue weighted by molar-refractivity contribution is 5.71. The predicted octanol–water partition coefficient (Wildman–Crippen LogP) is 22.7. The van der Waals surface area contributed by atoms with Crippen LogP contribution in [-0.2, 0) is 33.3 Å². The van der Waals surface area contributed by atoms with Crippen LogP contribution < -0.4 is 0 Å². The number of allylic oxidation sites excluding steroid dienone is 10. The molecule has 0 spiro atoms. The molecule has 0 amide bonds. The smallest absolute Gasteiger partial charge is 0.361 e. The maximum atomic E-state index is 12.9. The number of carboxylic acid groups (broad SMARTS) is 1. The van der Waals surface area contributed by atoms with Crippen LogP contribution in [0, 0.1) is 0 Å². The van der Waals surface area contributed by atoms with E-state index < -0.39 is 24.3 Å². The standard InChI is InChI=1S/C76H139NO8/c1-6-8-10-12-14-16-18-20-22-24-26-28-29-30-31-32-33-34-35-36-37-38-39-40-41-42-43-44-45-47-48-50-52-54-56-58-60-62-64-66-73(78)83-70-72(71-84-76(75(80)81)82-69-68-77(3,4)5)85-74(79)67-65-63-61-59-57-55-53-51-49-46-27-25-23-21-19-17-15-13-11-9-7-2/h18-21,24-27,49,51,72,76H,6-17,22-23,28-48,50,52-71H2,1-5H3/p+1/b20-18-,21-19-,26-24-,27-25-,51-49-. The second-order valence-corrected chi connectivity index (χ2v) is 25.9. The summed E-state index contributed by atoms with van der Waals surface area (Å²) in [6, 6.07) is 0. The van der Waals surface area contributed by atoms with Gasteiger partial charge in [-0.3, -0.25) is 9.59 Å². The van der Waals surface area contributed by atoms with E-state index in [4.69, 9.17) is 18.9 Å². The molecule has 496 valence electrons. The number of carboxylic acids is 1. The lowest BCUT2D eigenvalue weighted by atomic mass is 10.0. The Morgan fingerprint density at radius 2 is 0.635 bits per heavy atom. The van der Waals surface area contributed by atoms with Gasteiger partial charge in [-0.2, -0.15) is 0 Å². The summed E-state index contributed by atoms with van der Waals surface area (Å²) in [5.41, 5.74) is 0. The number of likely N-dealkylation sites (N-methyl/N-ethyl adjacent to an activating group) is 1. The molecule has 2 unspecified atom stereocenters. The van der Waals surface area contributed by atoms with Gasteiger partial charge in [-0.15, -0.1) is 0 Å². The SMILES string of the molecule is CCCCCCC/C=C\C/C=C\C/C=C\CCCCCCCCC(=O)OC(COC(=O)CCCCCCCCCCCCCCCCCCCCCCCCCCCCC/C=C\C/C=C\CCCCCCC)COC(OCC[N+](C)(C)C)C(=O)O. The molecule has 0 saturated heterocycles. The largest absolute Gasteiger partial charge is 0.477 e. The Labute approximate surface area is 526 Å². The van der Waals surface area contributed by atoms with E-state index in [0.717, 1.165) is 64.2 Å². The summed E-state index contributed by atoms with van der Waals surface area (Å²) < 4.78 is 23.0. The van der Waals surface area contributed by atoms with E-state index in [-0.39, 0.29) is 32.2 Å². The van der Waals surface area contributed by atoms with E-state index in [1.165, 1.54) is 250 Å². The van der Waals surface area contributed by atoms with Crippen molar-refractivity contribution in [1.29, 1.82) is 0 Å². The molecule has 0 rings (SSSR count). The van der Waals surface area contributed by atoms with Crippen LogP contribution >= 0.6 is 0 Å². The van der Waals surface area contributed by atoms with Crippen LogP contribution in [0.1, 0.15) is 348 Å². The molecule has 85 heavy (non-hydrogen) atoms. The Morgan fingerprint density at radius 3 is 0.941 bits per heavy atom. The quantitative estimate of drug-likeness (QED) is 0.0211. The average Bonchev–Trinajstić information content (AvgIpc) is 3.48. The van der Waals surface area contributed by atoms with Crippen LogP contribution in [0.3, 0.4) is 0 Å². The van der Waals surface area contributed by atoms with Gasteiger partial charge in [0.2, 0.25) is 0 Å². The van der Waals surface area contributed by atoms with Crippen molar-refractivity contribution in [2.75, 3.05) is 47.5 Å². The fourth-order valence-corrected chi connectivity index (χ4v) is 10.6. The number of quaternary nitrogens is 1.